The Bertz CT molecular complexity index is 1100. The van der Waals surface area contributed by atoms with Gasteiger partial charge in [0.15, 0.2) is 0 Å². The molecule has 2 heterocycles. The van der Waals surface area contributed by atoms with Crippen molar-refractivity contribution in [2.75, 3.05) is 5.32 Å². The number of para-hydroxylation sites is 2. The zero-order valence-corrected chi connectivity index (χ0v) is 16.7. The standard InChI is InChI=1S/C23H21N3OS/c1-16-20(17(2)26(25-16)18-9-4-3-5-10-18)15-23(27)24-21-12-7-6-11-19(21)22-13-8-14-28-22/h3-14H,15H2,1-2H3,(H,24,27). The van der Waals surface area contributed by atoms with E-state index in [1.165, 1.54) is 0 Å². The van der Waals surface area contributed by atoms with Crippen molar-refractivity contribution in [2.24, 2.45) is 0 Å². The molecule has 28 heavy (non-hydrogen) atoms. The van der Waals surface area contributed by atoms with Gasteiger partial charge in [-0.1, -0.05) is 42.5 Å². The van der Waals surface area contributed by atoms with Gasteiger partial charge >= 0.3 is 0 Å². The van der Waals surface area contributed by atoms with Crippen molar-refractivity contribution in [3.8, 4) is 16.1 Å². The Kier molecular flexibility index (Phi) is 5.08. The van der Waals surface area contributed by atoms with Gasteiger partial charge in [0, 0.05) is 27.4 Å². The number of hydrogen-bond acceptors (Lipinski definition) is 3. The van der Waals surface area contributed by atoms with Gasteiger partial charge in [-0.2, -0.15) is 5.10 Å². The number of thiophene rings is 1. The second-order valence-electron chi connectivity index (χ2n) is 6.64. The van der Waals surface area contributed by atoms with Gasteiger partial charge in [0.05, 0.1) is 17.8 Å². The summed E-state index contributed by atoms with van der Waals surface area (Å²) in [5.74, 6) is -0.0391. The Labute approximate surface area is 168 Å². The van der Waals surface area contributed by atoms with Crippen LogP contribution < -0.4 is 5.32 Å². The third-order valence-electron chi connectivity index (χ3n) is 4.77. The first-order chi connectivity index (χ1) is 13.6. The molecule has 0 radical (unpaired) electrons. The number of hydrogen-bond donors (Lipinski definition) is 1. The minimum Gasteiger partial charge on any atom is -0.325 e. The van der Waals surface area contributed by atoms with Gasteiger partial charge in [0.2, 0.25) is 5.91 Å². The van der Waals surface area contributed by atoms with Crippen molar-refractivity contribution in [3.63, 3.8) is 0 Å². The second-order valence-corrected chi connectivity index (χ2v) is 7.59. The van der Waals surface area contributed by atoms with Crippen molar-refractivity contribution in [1.82, 2.24) is 9.78 Å². The number of nitrogens with one attached hydrogen (secondary N) is 1. The molecule has 4 nitrogen and oxygen atoms in total. The van der Waals surface area contributed by atoms with E-state index in [4.69, 9.17) is 0 Å². The lowest BCUT2D eigenvalue weighted by molar-refractivity contribution is -0.115. The van der Waals surface area contributed by atoms with Crippen LogP contribution in [0.2, 0.25) is 0 Å². The fraction of sp³-hybridized carbons (Fsp3) is 0.130. The Hall–Kier alpha value is -3.18. The van der Waals surface area contributed by atoms with E-state index in [1.54, 1.807) is 11.3 Å². The van der Waals surface area contributed by atoms with Gasteiger partial charge in [-0.15, -0.1) is 11.3 Å². The molecule has 4 rings (SSSR count). The molecule has 140 valence electrons. The molecule has 5 heteroatoms. The first-order valence-corrected chi connectivity index (χ1v) is 10.0. The number of benzene rings is 2. The number of amides is 1. The predicted octanol–water partition coefficient (Wildman–Crippen LogP) is 5.40. The molecule has 0 bridgehead atoms. The highest BCUT2D eigenvalue weighted by Gasteiger charge is 2.17. The summed E-state index contributed by atoms with van der Waals surface area (Å²) < 4.78 is 1.90. The Morgan fingerprint density at radius 3 is 2.50 bits per heavy atom. The first kappa shape index (κ1) is 18.2. The third-order valence-corrected chi connectivity index (χ3v) is 5.67. The molecule has 2 aromatic carbocycles. The van der Waals surface area contributed by atoms with E-state index in [2.05, 4.69) is 16.5 Å². The van der Waals surface area contributed by atoms with E-state index in [9.17, 15) is 4.79 Å². The lowest BCUT2D eigenvalue weighted by atomic mass is 10.1. The zero-order valence-electron chi connectivity index (χ0n) is 15.8. The van der Waals surface area contributed by atoms with E-state index in [1.807, 2.05) is 84.6 Å². The molecular formula is C23H21N3OS. The molecule has 1 N–H and O–H groups in total. The quantitative estimate of drug-likeness (QED) is 0.498. The third kappa shape index (κ3) is 3.62. The van der Waals surface area contributed by atoms with Crippen LogP contribution in [0.4, 0.5) is 5.69 Å². The van der Waals surface area contributed by atoms with E-state index in [0.29, 0.717) is 6.42 Å². The molecule has 0 atom stereocenters. The molecule has 0 aliphatic carbocycles. The Morgan fingerprint density at radius 2 is 1.75 bits per heavy atom. The fourth-order valence-corrected chi connectivity index (χ4v) is 4.11. The fourth-order valence-electron chi connectivity index (χ4n) is 3.35. The highest BCUT2D eigenvalue weighted by Crippen LogP contribution is 2.31. The number of carbonyl (C=O) groups excluding carboxylic acids is 1. The monoisotopic (exact) mass is 387 g/mol. The lowest BCUT2D eigenvalue weighted by Crippen LogP contribution is -2.16. The summed E-state index contributed by atoms with van der Waals surface area (Å²) in [6.07, 6.45) is 0.295. The molecule has 0 saturated heterocycles. The minimum absolute atomic E-state index is 0.0391. The molecule has 1 amide bonds. The summed E-state index contributed by atoms with van der Waals surface area (Å²) in [5, 5.41) is 9.76. The van der Waals surface area contributed by atoms with Gasteiger partial charge in [-0.3, -0.25) is 4.79 Å². The van der Waals surface area contributed by atoms with Gasteiger partial charge in [0.1, 0.15) is 0 Å². The maximum atomic E-state index is 12.8. The van der Waals surface area contributed by atoms with Crippen molar-refractivity contribution >= 4 is 22.9 Å². The van der Waals surface area contributed by atoms with E-state index in [-0.39, 0.29) is 5.91 Å². The van der Waals surface area contributed by atoms with Crippen LogP contribution in [-0.2, 0) is 11.2 Å². The topological polar surface area (TPSA) is 46.9 Å². The maximum absolute atomic E-state index is 12.8. The largest absolute Gasteiger partial charge is 0.325 e. The summed E-state index contributed by atoms with van der Waals surface area (Å²) in [7, 11) is 0. The Morgan fingerprint density at radius 1 is 1.00 bits per heavy atom. The van der Waals surface area contributed by atoms with Crippen LogP contribution in [0.1, 0.15) is 17.0 Å². The van der Waals surface area contributed by atoms with Crippen LogP contribution in [0.5, 0.6) is 0 Å². The Balaban J connectivity index is 1.57. The van der Waals surface area contributed by atoms with Crippen LogP contribution in [0.15, 0.2) is 72.1 Å². The summed E-state index contributed by atoms with van der Waals surface area (Å²) in [6, 6.07) is 22.0. The van der Waals surface area contributed by atoms with E-state index >= 15 is 0 Å². The average molecular weight is 388 g/mol. The molecule has 0 aliphatic heterocycles. The lowest BCUT2D eigenvalue weighted by Gasteiger charge is -2.10. The number of carbonyl (C=O) groups is 1. The van der Waals surface area contributed by atoms with Crippen LogP contribution in [0.25, 0.3) is 16.1 Å². The smallest absolute Gasteiger partial charge is 0.228 e. The van der Waals surface area contributed by atoms with Crippen LogP contribution >= 0.6 is 11.3 Å². The van der Waals surface area contributed by atoms with Gasteiger partial charge < -0.3 is 5.32 Å². The van der Waals surface area contributed by atoms with Crippen molar-refractivity contribution < 1.29 is 4.79 Å². The highest BCUT2D eigenvalue weighted by atomic mass is 32.1. The molecule has 0 saturated carbocycles. The van der Waals surface area contributed by atoms with Crippen molar-refractivity contribution in [2.45, 2.75) is 20.3 Å². The van der Waals surface area contributed by atoms with Gasteiger partial charge in [0.25, 0.3) is 0 Å². The SMILES string of the molecule is Cc1nn(-c2ccccc2)c(C)c1CC(=O)Nc1ccccc1-c1cccs1. The molecule has 0 unspecified atom stereocenters. The summed E-state index contributed by atoms with van der Waals surface area (Å²) in [4.78, 5) is 13.9. The molecule has 2 aromatic heterocycles. The molecule has 0 aliphatic rings. The predicted molar refractivity (Wildman–Crippen MR) is 115 cm³/mol. The number of anilines is 1. The molecular weight excluding hydrogens is 366 g/mol. The van der Waals surface area contributed by atoms with Gasteiger partial charge in [-0.25, -0.2) is 4.68 Å². The van der Waals surface area contributed by atoms with Crippen molar-refractivity contribution in [1.29, 1.82) is 0 Å². The van der Waals surface area contributed by atoms with Crippen LogP contribution in [0.3, 0.4) is 0 Å². The number of rotatable bonds is 5. The summed E-state index contributed by atoms with van der Waals surface area (Å²) in [6.45, 7) is 3.96. The maximum Gasteiger partial charge on any atom is 0.228 e. The van der Waals surface area contributed by atoms with E-state index < -0.39 is 0 Å². The van der Waals surface area contributed by atoms with Gasteiger partial charge in [-0.05, 0) is 43.5 Å². The molecule has 0 fully saturated rings. The minimum atomic E-state index is -0.0391. The van der Waals surface area contributed by atoms with Crippen molar-refractivity contribution in [3.05, 3.63) is 89.1 Å². The normalized spacial score (nSPS) is 10.8. The molecule has 4 aromatic rings. The zero-order chi connectivity index (χ0) is 19.5. The highest BCUT2D eigenvalue weighted by molar-refractivity contribution is 7.13. The number of aryl methyl sites for hydroxylation is 1. The average Bonchev–Trinajstić information content (AvgIpc) is 3.33. The molecule has 0 spiro atoms. The van der Waals surface area contributed by atoms with Crippen LogP contribution in [0, 0.1) is 13.8 Å². The number of nitrogens with zero attached hydrogens (tertiary/aromatic N) is 2. The van der Waals surface area contributed by atoms with Crippen LogP contribution in [-0.4, -0.2) is 15.7 Å². The summed E-state index contributed by atoms with van der Waals surface area (Å²) >= 11 is 1.66. The number of aromatic nitrogens is 2. The summed E-state index contributed by atoms with van der Waals surface area (Å²) in [5.41, 5.74) is 5.71. The second kappa shape index (κ2) is 7.82. The first-order valence-electron chi connectivity index (χ1n) is 9.17. The van der Waals surface area contributed by atoms with E-state index in [0.717, 1.165) is 38.8 Å².